The Balaban J connectivity index is 1.68. The van der Waals surface area contributed by atoms with E-state index in [1.54, 1.807) is 42.5 Å². The maximum Gasteiger partial charge on any atom is 0.343 e. The molecule has 0 saturated heterocycles. The summed E-state index contributed by atoms with van der Waals surface area (Å²) in [6.45, 7) is 4.50. The van der Waals surface area contributed by atoms with Gasteiger partial charge in [-0.25, -0.2) is 10.2 Å². The first-order chi connectivity index (χ1) is 19.9. The number of hydrogen-bond donors (Lipinski definition) is 2. The Morgan fingerprint density at radius 2 is 1.46 bits per heavy atom. The van der Waals surface area contributed by atoms with Crippen LogP contribution in [-0.4, -0.2) is 37.1 Å². The summed E-state index contributed by atoms with van der Waals surface area (Å²) in [5.74, 6) is -0.173. The van der Waals surface area contributed by atoms with E-state index in [9.17, 15) is 14.4 Å². The van der Waals surface area contributed by atoms with E-state index in [2.05, 4.69) is 38.7 Å². The van der Waals surface area contributed by atoms with Crippen LogP contribution in [-0.2, 0) is 9.59 Å². The number of carbonyl (C=O) groups excluding carboxylic acids is 3. The molecule has 2 aromatic rings. The molecule has 0 unspecified atom stereocenters. The second-order valence-corrected chi connectivity index (χ2v) is 10.8. The zero-order valence-corrected chi connectivity index (χ0v) is 26.0. The fourth-order valence-corrected chi connectivity index (χ4v) is 4.54. The minimum atomic E-state index is -0.533. The van der Waals surface area contributed by atoms with Gasteiger partial charge in [-0.3, -0.25) is 9.59 Å². The summed E-state index contributed by atoms with van der Waals surface area (Å²) in [6.07, 6.45) is 15.2. The minimum Gasteiger partial charge on any atom is -0.494 e. The summed E-state index contributed by atoms with van der Waals surface area (Å²) in [6, 6.07) is 11.8. The SMILES string of the molecule is CCCCCCCCCCCCCC(=O)NCC(=O)NN=Cc1cc(Br)ccc1OC(=O)c1ccc(OCC)cc1. The van der Waals surface area contributed by atoms with Crippen molar-refractivity contribution in [3.8, 4) is 11.5 Å². The molecule has 0 fully saturated rings. The van der Waals surface area contributed by atoms with Crippen molar-refractivity contribution in [2.45, 2.75) is 90.9 Å². The molecule has 2 rings (SSSR count). The van der Waals surface area contributed by atoms with Gasteiger partial charge in [0.1, 0.15) is 11.5 Å². The van der Waals surface area contributed by atoms with Crippen LogP contribution in [0, 0.1) is 0 Å². The molecule has 0 bridgehead atoms. The monoisotopic (exact) mass is 629 g/mol. The lowest BCUT2D eigenvalue weighted by atomic mass is 10.1. The standard InChI is InChI=1S/C32H44BrN3O5/c1-3-5-6-7-8-9-10-11-12-13-14-15-30(37)34-24-31(38)36-35-23-26-22-27(33)18-21-29(26)41-32(39)25-16-19-28(20-17-25)40-4-2/h16-23H,3-15,24H2,1-2H3,(H,34,37)(H,36,38). The van der Waals surface area contributed by atoms with Crippen molar-refractivity contribution < 1.29 is 23.9 Å². The van der Waals surface area contributed by atoms with Crippen LogP contribution in [0.2, 0.25) is 0 Å². The van der Waals surface area contributed by atoms with Crippen LogP contribution < -0.4 is 20.2 Å². The van der Waals surface area contributed by atoms with Gasteiger partial charge < -0.3 is 14.8 Å². The van der Waals surface area contributed by atoms with Crippen molar-refractivity contribution in [3.63, 3.8) is 0 Å². The third kappa shape index (κ3) is 14.8. The number of esters is 1. The van der Waals surface area contributed by atoms with Crippen molar-refractivity contribution in [2.75, 3.05) is 13.2 Å². The van der Waals surface area contributed by atoms with E-state index in [1.807, 2.05) is 6.92 Å². The number of benzene rings is 2. The van der Waals surface area contributed by atoms with Gasteiger partial charge in [-0.05, 0) is 55.8 Å². The number of hydrazone groups is 1. The highest BCUT2D eigenvalue weighted by molar-refractivity contribution is 9.10. The quantitative estimate of drug-likeness (QED) is 0.0524. The van der Waals surface area contributed by atoms with Gasteiger partial charge in [0.25, 0.3) is 5.91 Å². The van der Waals surface area contributed by atoms with Crippen molar-refractivity contribution in [1.82, 2.24) is 10.7 Å². The van der Waals surface area contributed by atoms with Gasteiger partial charge in [-0.2, -0.15) is 5.10 Å². The first-order valence-electron chi connectivity index (χ1n) is 14.8. The van der Waals surface area contributed by atoms with Crippen LogP contribution >= 0.6 is 15.9 Å². The Morgan fingerprint density at radius 3 is 2.10 bits per heavy atom. The molecule has 0 spiro atoms. The zero-order chi connectivity index (χ0) is 29.7. The zero-order valence-electron chi connectivity index (χ0n) is 24.4. The predicted molar refractivity (Wildman–Crippen MR) is 167 cm³/mol. The van der Waals surface area contributed by atoms with Crippen LogP contribution in [0.25, 0.3) is 0 Å². The normalized spacial score (nSPS) is 10.9. The van der Waals surface area contributed by atoms with Gasteiger partial charge in [-0.15, -0.1) is 0 Å². The van der Waals surface area contributed by atoms with Crippen molar-refractivity contribution >= 4 is 39.9 Å². The molecule has 9 heteroatoms. The van der Waals surface area contributed by atoms with Crippen LogP contribution in [0.5, 0.6) is 11.5 Å². The maximum atomic E-state index is 12.6. The Bertz CT molecular complexity index is 1110. The highest BCUT2D eigenvalue weighted by atomic mass is 79.9. The number of ether oxygens (including phenoxy) is 2. The summed E-state index contributed by atoms with van der Waals surface area (Å²) in [4.78, 5) is 36.8. The van der Waals surface area contributed by atoms with Gasteiger partial charge >= 0.3 is 5.97 Å². The fourth-order valence-electron chi connectivity index (χ4n) is 4.16. The van der Waals surface area contributed by atoms with Crippen LogP contribution in [0.1, 0.15) is 107 Å². The molecule has 41 heavy (non-hydrogen) atoms. The van der Waals surface area contributed by atoms with Gasteiger partial charge in [0.15, 0.2) is 0 Å². The minimum absolute atomic E-state index is 0.143. The number of rotatable bonds is 20. The van der Waals surface area contributed by atoms with E-state index < -0.39 is 11.9 Å². The molecule has 224 valence electrons. The van der Waals surface area contributed by atoms with Gasteiger partial charge in [-0.1, -0.05) is 87.1 Å². The Labute approximate surface area is 252 Å². The Morgan fingerprint density at radius 1 is 0.829 bits per heavy atom. The molecule has 8 nitrogen and oxygen atoms in total. The lowest BCUT2D eigenvalue weighted by Gasteiger charge is -2.09. The predicted octanol–water partition coefficient (Wildman–Crippen LogP) is 7.33. The fraction of sp³-hybridized carbons (Fsp3) is 0.500. The van der Waals surface area contributed by atoms with E-state index in [1.165, 1.54) is 57.6 Å². The summed E-state index contributed by atoms with van der Waals surface area (Å²) in [7, 11) is 0. The molecular formula is C32H44BrN3O5. The number of carbonyl (C=O) groups is 3. The number of unbranched alkanes of at least 4 members (excludes halogenated alkanes) is 10. The molecular weight excluding hydrogens is 586 g/mol. The lowest BCUT2D eigenvalue weighted by molar-refractivity contribution is -0.126. The van der Waals surface area contributed by atoms with E-state index in [-0.39, 0.29) is 18.2 Å². The molecule has 2 N–H and O–H groups in total. The van der Waals surface area contributed by atoms with Gasteiger partial charge in [0.2, 0.25) is 5.91 Å². The molecule has 0 heterocycles. The lowest BCUT2D eigenvalue weighted by Crippen LogP contribution is -2.34. The molecule has 0 aliphatic heterocycles. The first-order valence-corrected chi connectivity index (χ1v) is 15.6. The molecule has 0 atom stereocenters. The largest absolute Gasteiger partial charge is 0.494 e. The number of halogens is 1. The van der Waals surface area contributed by atoms with Gasteiger partial charge in [0.05, 0.1) is 24.9 Å². The van der Waals surface area contributed by atoms with E-state index in [0.717, 1.165) is 23.7 Å². The van der Waals surface area contributed by atoms with Crippen LogP contribution in [0.4, 0.5) is 0 Å². The molecule has 0 aliphatic carbocycles. The summed E-state index contributed by atoms with van der Waals surface area (Å²) in [5.41, 5.74) is 3.25. The van der Waals surface area contributed by atoms with E-state index in [4.69, 9.17) is 9.47 Å². The maximum absolute atomic E-state index is 12.6. The van der Waals surface area contributed by atoms with Crippen LogP contribution in [0.15, 0.2) is 52.0 Å². The number of amides is 2. The molecule has 0 radical (unpaired) electrons. The molecule has 0 aliphatic rings. The molecule has 2 aromatic carbocycles. The smallest absolute Gasteiger partial charge is 0.343 e. The third-order valence-electron chi connectivity index (χ3n) is 6.42. The van der Waals surface area contributed by atoms with E-state index >= 15 is 0 Å². The second-order valence-electron chi connectivity index (χ2n) is 9.88. The van der Waals surface area contributed by atoms with Gasteiger partial charge in [0, 0.05) is 16.5 Å². The highest BCUT2D eigenvalue weighted by Crippen LogP contribution is 2.23. The number of nitrogens with zero attached hydrogens (tertiary/aromatic N) is 1. The third-order valence-corrected chi connectivity index (χ3v) is 6.92. The number of hydrogen-bond acceptors (Lipinski definition) is 6. The average molecular weight is 631 g/mol. The molecule has 0 saturated carbocycles. The first kappa shape index (κ1) is 34.0. The summed E-state index contributed by atoms with van der Waals surface area (Å²) < 4.78 is 11.7. The van der Waals surface area contributed by atoms with Crippen molar-refractivity contribution in [1.29, 1.82) is 0 Å². The Kier molecular flexibility index (Phi) is 17.1. The van der Waals surface area contributed by atoms with Crippen molar-refractivity contribution in [3.05, 3.63) is 58.1 Å². The summed E-state index contributed by atoms with van der Waals surface area (Å²) in [5, 5.41) is 6.59. The summed E-state index contributed by atoms with van der Waals surface area (Å²) >= 11 is 3.39. The topological polar surface area (TPSA) is 106 Å². The van der Waals surface area contributed by atoms with Crippen molar-refractivity contribution in [2.24, 2.45) is 5.10 Å². The Hall–Kier alpha value is -3.20. The average Bonchev–Trinajstić information content (AvgIpc) is 2.96. The van der Waals surface area contributed by atoms with Crippen LogP contribution in [0.3, 0.4) is 0 Å². The van der Waals surface area contributed by atoms with E-state index in [0.29, 0.717) is 29.9 Å². The number of nitrogens with one attached hydrogen (secondary N) is 2. The highest BCUT2D eigenvalue weighted by Gasteiger charge is 2.12. The molecule has 2 amide bonds. The second kappa shape index (κ2) is 20.6. The molecule has 0 aromatic heterocycles.